The van der Waals surface area contributed by atoms with Crippen LogP contribution in [0.25, 0.3) is 6.08 Å². The molecule has 3 aromatic rings. The summed E-state index contributed by atoms with van der Waals surface area (Å²) in [5.74, 6) is 2.02. The van der Waals surface area contributed by atoms with Crippen LogP contribution in [-0.4, -0.2) is 27.2 Å². The molecule has 0 aliphatic carbocycles. The lowest BCUT2D eigenvalue weighted by Gasteiger charge is -2.12. The maximum atomic E-state index is 12.3. The average Bonchev–Trinajstić information content (AvgIpc) is 2.82. The Morgan fingerprint density at radius 3 is 2.10 bits per heavy atom. The molecule has 160 valence electrons. The molecule has 3 aromatic carbocycles. The van der Waals surface area contributed by atoms with E-state index < -0.39 is 0 Å². The summed E-state index contributed by atoms with van der Waals surface area (Å²) in [5, 5.41) is 2.82. The van der Waals surface area contributed by atoms with Gasteiger partial charge in [0.2, 0.25) is 11.7 Å². The highest BCUT2D eigenvalue weighted by Crippen LogP contribution is 2.38. The fourth-order valence-corrected chi connectivity index (χ4v) is 2.93. The highest BCUT2D eigenvalue weighted by atomic mass is 16.5. The van der Waals surface area contributed by atoms with E-state index in [0.717, 1.165) is 16.9 Å². The first-order valence-electron chi connectivity index (χ1n) is 9.69. The molecule has 6 heteroatoms. The monoisotopic (exact) mass is 419 g/mol. The Hall–Kier alpha value is -3.93. The van der Waals surface area contributed by atoms with Gasteiger partial charge in [-0.05, 0) is 53.6 Å². The molecule has 1 amide bonds. The molecule has 0 unspecified atom stereocenters. The molecule has 0 radical (unpaired) electrons. The first-order valence-corrected chi connectivity index (χ1v) is 9.69. The van der Waals surface area contributed by atoms with E-state index in [1.54, 1.807) is 51.7 Å². The van der Waals surface area contributed by atoms with E-state index in [9.17, 15) is 4.79 Å². The summed E-state index contributed by atoms with van der Waals surface area (Å²) in [6.07, 6.45) is 3.12. The third-order valence-corrected chi connectivity index (χ3v) is 4.48. The van der Waals surface area contributed by atoms with Gasteiger partial charge in [-0.3, -0.25) is 4.79 Å². The molecule has 0 saturated carbocycles. The van der Waals surface area contributed by atoms with E-state index in [0.29, 0.717) is 29.5 Å². The molecule has 3 rings (SSSR count). The molecule has 0 spiro atoms. The van der Waals surface area contributed by atoms with Crippen molar-refractivity contribution in [2.75, 3.05) is 26.6 Å². The zero-order valence-corrected chi connectivity index (χ0v) is 17.8. The molecule has 6 nitrogen and oxygen atoms in total. The Bertz CT molecular complexity index is 1000. The van der Waals surface area contributed by atoms with Gasteiger partial charge < -0.3 is 24.3 Å². The predicted octanol–water partition coefficient (Wildman–Crippen LogP) is 4.94. The Morgan fingerprint density at radius 1 is 0.871 bits per heavy atom. The van der Waals surface area contributed by atoms with Gasteiger partial charge in [-0.2, -0.15) is 0 Å². The zero-order valence-electron chi connectivity index (χ0n) is 17.8. The zero-order chi connectivity index (χ0) is 22.1. The minimum absolute atomic E-state index is 0.258. The molecule has 0 atom stereocenters. The van der Waals surface area contributed by atoms with Crippen LogP contribution < -0.4 is 24.3 Å². The first-order chi connectivity index (χ1) is 15.1. The average molecular weight is 419 g/mol. The number of hydrogen-bond acceptors (Lipinski definition) is 5. The lowest BCUT2D eigenvalue weighted by molar-refractivity contribution is -0.111. The molecule has 0 aromatic heterocycles. The van der Waals surface area contributed by atoms with E-state index in [4.69, 9.17) is 18.9 Å². The van der Waals surface area contributed by atoms with Gasteiger partial charge in [-0.1, -0.05) is 30.3 Å². The maximum absolute atomic E-state index is 12.3. The first kappa shape index (κ1) is 21.8. The number of ether oxygens (including phenoxy) is 4. The van der Waals surface area contributed by atoms with Crippen molar-refractivity contribution in [3.63, 3.8) is 0 Å². The van der Waals surface area contributed by atoms with Gasteiger partial charge in [0.15, 0.2) is 11.5 Å². The van der Waals surface area contributed by atoms with Gasteiger partial charge in [-0.25, -0.2) is 0 Å². The van der Waals surface area contributed by atoms with Crippen molar-refractivity contribution < 1.29 is 23.7 Å². The summed E-state index contributed by atoms with van der Waals surface area (Å²) in [7, 11) is 4.64. The number of nitrogens with one attached hydrogen (secondary N) is 1. The quantitative estimate of drug-likeness (QED) is 0.498. The van der Waals surface area contributed by atoms with Crippen molar-refractivity contribution in [3.8, 4) is 23.0 Å². The number of benzene rings is 3. The second kappa shape index (κ2) is 10.7. The number of hydrogen-bond donors (Lipinski definition) is 1. The highest BCUT2D eigenvalue weighted by molar-refractivity contribution is 6.02. The number of amides is 1. The van der Waals surface area contributed by atoms with Crippen LogP contribution in [0.2, 0.25) is 0 Å². The summed E-state index contributed by atoms with van der Waals surface area (Å²) >= 11 is 0. The third kappa shape index (κ3) is 6.02. The number of carbonyl (C=O) groups is 1. The molecule has 0 aliphatic rings. The van der Waals surface area contributed by atoms with Crippen molar-refractivity contribution in [1.29, 1.82) is 0 Å². The van der Waals surface area contributed by atoms with E-state index >= 15 is 0 Å². The summed E-state index contributed by atoms with van der Waals surface area (Å²) in [4.78, 5) is 12.3. The topological polar surface area (TPSA) is 66.0 Å². The molecular weight excluding hydrogens is 394 g/mol. The molecule has 0 saturated heterocycles. The van der Waals surface area contributed by atoms with Crippen LogP contribution in [0.4, 0.5) is 5.69 Å². The summed E-state index contributed by atoms with van der Waals surface area (Å²) < 4.78 is 21.7. The van der Waals surface area contributed by atoms with Crippen LogP contribution >= 0.6 is 0 Å². The highest BCUT2D eigenvalue weighted by Gasteiger charge is 2.12. The molecule has 1 N–H and O–H groups in total. The number of rotatable bonds is 9. The van der Waals surface area contributed by atoms with Crippen molar-refractivity contribution in [2.45, 2.75) is 6.61 Å². The smallest absolute Gasteiger partial charge is 0.248 e. The standard InChI is InChI=1S/C25H25NO5/c1-28-22-15-19(16-23(29-2)25(22)30-3)9-14-24(27)26-20-10-12-21(13-11-20)31-17-18-7-5-4-6-8-18/h4-16H,17H2,1-3H3,(H,26,27)/b14-9+. The van der Waals surface area contributed by atoms with Crippen LogP contribution in [0.15, 0.2) is 72.8 Å². The van der Waals surface area contributed by atoms with Crippen LogP contribution in [0.5, 0.6) is 23.0 Å². The van der Waals surface area contributed by atoms with Gasteiger partial charge in [0.1, 0.15) is 12.4 Å². The molecule has 31 heavy (non-hydrogen) atoms. The summed E-state index contributed by atoms with van der Waals surface area (Å²) in [6, 6.07) is 20.7. The van der Waals surface area contributed by atoms with E-state index in [1.165, 1.54) is 6.08 Å². The normalized spacial score (nSPS) is 10.5. The van der Waals surface area contributed by atoms with Gasteiger partial charge >= 0.3 is 0 Å². The second-order valence-electron chi connectivity index (χ2n) is 6.58. The van der Waals surface area contributed by atoms with Crippen LogP contribution in [0.1, 0.15) is 11.1 Å². The third-order valence-electron chi connectivity index (χ3n) is 4.48. The summed E-state index contributed by atoms with van der Waals surface area (Å²) in [5.41, 5.74) is 2.51. The Labute approximate surface area is 182 Å². The van der Waals surface area contributed by atoms with E-state index in [2.05, 4.69) is 5.32 Å². The Balaban J connectivity index is 1.59. The lowest BCUT2D eigenvalue weighted by atomic mass is 10.1. The minimum atomic E-state index is -0.258. The molecule has 0 heterocycles. The number of methoxy groups -OCH3 is 3. The Morgan fingerprint density at radius 2 is 1.52 bits per heavy atom. The van der Waals surface area contributed by atoms with Gasteiger partial charge in [-0.15, -0.1) is 0 Å². The fourth-order valence-electron chi connectivity index (χ4n) is 2.93. The second-order valence-corrected chi connectivity index (χ2v) is 6.58. The van der Waals surface area contributed by atoms with Crippen molar-refractivity contribution in [3.05, 3.63) is 83.9 Å². The lowest BCUT2D eigenvalue weighted by Crippen LogP contribution is -2.07. The Kier molecular flexibility index (Phi) is 7.54. The number of carbonyl (C=O) groups excluding carboxylic acids is 1. The molecule has 0 bridgehead atoms. The van der Waals surface area contributed by atoms with Crippen LogP contribution in [-0.2, 0) is 11.4 Å². The van der Waals surface area contributed by atoms with Crippen LogP contribution in [0, 0.1) is 0 Å². The minimum Gasteiger partial charge on any atom is -0.493 e. The summed E-state index contributed by atoms with van der Waals surface area (Å²) in [6.45, 7) is 0.490. The van der Waals surface area contributed by atoms with Gasteiger partial charge in [0.25, 0.3) is 0 Å². The van der Waals surface area contributed by atoms with E-state index in [-0.39, 0.29) is 5.91 Å². The van der Waals surface area contributed by atoms with Crippen molar-refractivity contribution >= 4 is 17.7 Å². The maximum Gasteiger partial charge on any atom is 0.248 e. The SMILES string of the molecule is COc1cc(/C=C/C(=O)Nc2ccc(OCc3ccccc3)cc2)cc(OC)c1OC. The van der Waals surface area contributed by atoms with E-state index in [1.807, 2.05) is 42.5 Å². The van der Waals surface area contributed by atoms with Gasteiger partial charge in [0, 0.05) is 11.8 Å². The molecule has 0 aliphatic heterocycles. The van der Waals surface area contributed by atoms with Crippen LogP contribution in [0.3, 0.4) is 0 Å². The number of anilines is 1. The molecular formula is C25H25NO5. The van der Waals surface area contributed by atoms with Gasteiger partial charge in [0.05, 0.1) is 21.3 Å². The largest absolute Gasteiger partial charge is 0.493 e. The fraction of sp³-hybridized carbons (Fsp3) is 0.160. The van der Waals surface area contributed by atoms with Crippen molar-refractivity contribution in [2.24, 2.45) is 0 Å². The van der Waals surface area contributed by atoms with Crippen molar-refractivity contribution in [1.82, 2.24) is 0 Å². The molecule has 0 fully saturated rings. The predicted molar refractivity (Wildman–Crippen MR) is 121 cm³/mol.